The molecular weight excluding hydrogens is 184 g/mol. The number of thioether (sulfide) groups is 1. The molecule has 0 amide bonds. The predicted octanol–water partition coefficient (Wildman–Crippen LogP) is 3.02. The number of carboxylic acids is 1. The maximum absolute atomic E-state index is 11.2. The van der Waals surface area contributed by atoms with Crippen molar-refractivity contribution in [1.29, 1.82) is 0 Å². The zero-order valence-corrected chi connectivity index (χ0v) is 9.78. The molecule has 78 valence electrons. The first-order valence-electron chi connectivity index (χ1n) is 4.79. The lowest BCUT2D eigenvalue weighted by Crippen LogP contribution is -2.40. The van der Waals surface area contributed by atoms with E-state index in [0.717, 1.165) is 19.3 Å². The summed E-state index contributed by atoms with van der Waals surface area (Å²) in [6.45, 7) is 6.06. The van der Waals surface area contributed by atoms with Crippen LogP contribution < -0.4 is 0 Å². The van der Waals surface area contributed by atoms with Gasteiger partial charge in [0.2, 0.25) is 0 Å². The first-order valence-corrected chi connectivity index (χ1v) is 6.02. The Morgan fingerprint density at radius 2 is 2.08 bits per heavy atom. The lowest BCUT2D eigenvalue weighted by molar-refractivity contribution is -0.141. The molecule has 0 aromatic heterocycles. The molecular formula is C10H20O2S. The fourth-order valence-corrected chi connectivity index (χ4v) is 2.50. The van der Waals surface area contributed by atoms with Crippen LogP contribution >= 0.6 is 11.8 Å². The molecule has 13 heavy (non-hydrogen) atoms. The molecule has 2 nitrogen and oxygen atoms in total. The van der Waals surface area contributed by atoms with Crippen LogP contribution in [0.4, 0.5) is 0 Å². The summed E-state index contributed by atoms with van der Waals surface area (Å²) < 4.78 is -0.573. The molecule has 0 aliphatic carbocycles. The fraction of sp³-hybridized carbons (Fsp3) is 0.900. The molecule has 0 rings (SSSR count). The van der Waals surface area contributed by atoms with Crippen molar-refractivity contribution in [2.45, 2.75) is 44.8 Å². The topological polar surface area (TPSA) is 37.3 Å². The summed E-state index contributed by atoms with van der Waals surface area (Å²) in [4.78, 5) is 11.2. The first-order chi connectivity index (χ1) is 6.01. The van der Waals surface area contributed by atoms with Crippen molar-refractivity contribution in [1.82, 2.24) is 0 Å². The highest BCUT2D eigenvalue weighted by molar-refractivity contribution is 8.00. The monoisotopic (exact) mass is 204 g/mol. The van der Waals surface area contributed by atoms with Gasteiger partial charge >= 0.3 is 5.97 Å². The highest BCUT2D eigenvalue weighted by Gasteiger charge is 2.40. The summed E-state index contributed by atoms with van der Waals surface area (Å²) >= 11 is 1.47. The molecule has 1 unspecified atom stereocenters. The largest absolute Gasteiger partial charge is 0.480 e. The van der Waals surface area contributed by atoms with Crippen molar-refractivity contribution in [2.75, 3.05) is 6.26 Å². The van der Waals surface area contributed by atoms with Crippen LogP contribution in [-0.4, -0.2) is 22.1 Å². The summed E-state index contributed by atoms with van der Waals surface area (Å²) in [5.41, 5.74) is 0. The summed E-state index contributed by atoms with van der Waals surface area (Å²) in [5.74, 6) is -0.477. The molecule has 0 bridgehead atoms. The fourth-order valence-electron chi connectivity index (χ4n) is 1.51. The van der Waals surface area contributed by atoms with Gasteiger partial charge in [-0.05, 0) is 18.6 Å². The zero-order valence-electron chi connectivity index (χ0n) is 8.96. The van der Waals surface area contributed by atoms with E-state index in [-0.39, 0.29) is 5.92 Å². The summed E-state index contributed by atoms with van der Waals surface area (Å²) in [6.07, 6.45) is 4.72. The Balaban J connectivity index is 4.55. The second kappa shape index (κ2) is 5.53. The molecule has 0 aliphatic heterocycles. The third kappa shape index (κ3) is 2.90. The molecule has 0 radical (unpaired) electrons. The van der Waals surface area contributed by atoms with Crippen molar-refractivity contribution in [3.63, 3.8) is 0 Å². The minimum atomic E-state index is -0.663. The summed E-state index contributed by atoms with van der Waals surface area (Å²) in [7, 11) is 0. The molecule has 0 heterocycles. The van der Waals surface area contributed by atoms with E-state index >= 15 is 0 Å². The number of aliphatic carboxylic acids is 1. The number of rotatable bonds is 6. The smallest absolute Gasteiger partial charge is 0.320 e. The minimum absolute atomic E-state index is 0.187. The van der Waals surface area contributed by atoms with Crippen molar-refractivity contribution < 1.29 is 9.90 Å². The van der Waals surface area contributed by atoms with Crippen LogP contribution in [0.2, 0.25) is 0 Å². The second-order valence-electron chi connectivity index (χ2n) is 3.66. The van der Waals surface area contributed by atoms with E-state index in [1.165, 1.54) is 11.8 Å². The van der Waals surface area contributed by atoms with Crippen molar-refractivity contribution in [2.24, 2.45) is 5.92 Å². The summed E-state index contributed by atoms with van der Waals surface area (Å²) in [5, 5.41) is 9.20. The van der Waals surface area contributed by atoms with Gasteiger partial charge in [-0.2, -0.15) is 0 Å². The molecule has 1 N–H and O–H groups in total. The Morgan fingerprint density at radius 3 is 2.31 bits per heavy atom. The maximum Gasteiger partial charge on any atom is 0.320 e. The number of hydrogen-bond donors (Lipinski definition) is 1. The highest BCUT2D eigenvalue weighted by atomic mass is 32.2. The quantitative estimate of drug-likeness (QED) is 0.722. The third-order valence-electron chi connectivity index (χ3n) is 2.56. The predicted molar refractivity (Wildman–Crippen MR) is 58.2 cm³/mol. The molecule has 0 aliphatic rings. The molecule has 0 aromatic carbocycles. The first kappa shape index (κ1) is 12.8. The van der Waals surface area contributed by atoms with Crippen LogP contribution in [0.1, 0.15) is 40.0 Å². The van der Waals surface area contributed by atoms with Gasteiger partial charge < -0.3 is 5.11 Å². The molecule has 0 saturated carbocycles. The van der Waals surface area contributed by atoms with Crippen molar-refractivity contribution >= 4 is 17.7 Å². The molecule has 0 spiro atoms. The molecule has 1 atom stereocenters. The molecule has 0 saturated heterocycles. The Kier molecular flexibility index (Phi) is 5.45. The van der Waals surface area contributed by atoms with Crippen LogP contribution in [0.5, 0.6) is 0 Å². The van der Waals surface area contributed by atoms with Gasteiger partial charge in [0.1, 0.15) is 4.75 Å². The van der Waals surface area contributed by atoms with E-state index in [9.17, 15) is 9.90 Å². The van der Waals surface area contributed by atoms with Crippen LogP contribution in [0.3, 0.4) is 0 Å². The molecule has 0 aromatic rings. The molecule has 0 fully saturated rings. The van der Waals surface area contributed by atoms with Gasteiger partial charge in [0.15, 0.2) is 0 Å². The van der Waals surface area contributed by atoms with Gasteiger partial charge in [0.25, 0.3) is 0 Å². The standard InChI is InChI=1S/C10H20O2S/c1-5-6-7-10(13-4,8(2)3)9(11)12/h8H,5-7H2,1-4H3,(H,11,12). The average Bonchev–Trinajstić information content (AvgIpc) is 2.05. The van der Waals surface area contributed by atoms with Gasteiger partial charge in [0, 0.05) is 0 Å². The van der Waals surface area contributed by atoms with Crippen LogP contribution in [-0.2, 0) is 4.79 Å². The number of hydrogen-bond acceptors (Lipinski definition) is 2. The van der Waals surface area contributed by atoms with E-state index in [1.54, 1.807) is 0 Å². The highest BCUT2D eigenvalue weighted by Crippen LogP contribution is 2.36. The Labute approximate surface area is 85.1 Å². The normalized spacial score (nSPS) is 15.8. The Morgan fingerprint density at radius 1 is 1.54 bits per heavy atom. The number of carbonyl (C=O) groups is 1. The Hall–Kier alpha value is -0.180. The van der Waals surface area contributed by atoms with Gasteiger partial charge in [-0.25, -0.2) is 0 Å². The maximum atomic E-state index is 11.2. The van der Waals surface area contributed by atoms with Crippen LogP contribution in [0, 0.1) is 5.92 Å². The van der Waals surface area contributed by atoms with Gasteiger partial charge in [-0.1, -0.05) is 33.6 Å². The summed E-state index contributed by atoms with van der Waals surface area (Å²) in [6, 6.07) is 0. The van der Waals surface area contributed by atoms with E-state index in [1.807, 2.05) is 20.1 Å². The molecule has 3 heteroatoms. The average molecular weight is 204 g/mol. The zero-order chi connectivity index (χ0) is 10.5. The van der Waals surface area contributed by atoms with E-state index in [2.05, 4.69) is 6.92 Å². The number of carboxylic acid groups (broad SMARTS) is 1. The van der Waals surface area contributed by atoms with Gasteiger partial charge in [0.05, 0.1) is 0 Å². The van der Waals surface area contributed by atoms with Crippen molar-refractivity contribution in [3.05, 3.63) is 0 Å². The van der Waals surface area contributed by atoms with Gasteiger partial charge in [-0.3, -0.25) is 4.79 Å². The lowest BCUT2D eigenvalue weighted by atomic mass is 9.89. The SMILES string of the molecule is CCCCC(SC)(C(=O)O)C(C)C. The Bertz CT molecular complexity index is 168. The third-order valence-corrected chi connectivity index (χ3v) is 4.14. The van der Waals surface area contributed by atoms with Crippen LogP contribution in [0.25, 0.3) is 0 Å². The second-order valence-corrected chi connectivity index (χ2v) is 4.79. The van der Waals surface area contributed by atoms with Crippen molar-refractivity contribution in [3.8, 4) is 0 Å². The van der Waals surface area contributed by atoms with Crippen LogP contribution in [0.15, 0.2) is 0 Å². The van der Waals surface area contributed by atoms with E-state index in [0.29, 0.717) is 0 Å². The van der Waals surface area contributed by atoms with E-state index in [4.69, 9.17) is 0 Å². The van der Waals surface area contributed by atoms with E-state index < -0.39 is 10.7 Å². The lowest BCUT2D eigenvalue weighted by Gasteiger charge is -2.31. The number of unbranched alkanes of at least 4 members (excludes halogenated alkanes) is 1. The van der Waals surface area contributed by atoms with Gasteiger partial charge in [-0.15, -0.1) is 11.8 Å². The minimum Gasteiger partial charge on any atom is -0.480 e.